The third kappa shape index (κ3) is 8.38. The van der Waals surface area contributed by atoms with Gasteiger partial charge >= 0.3 is 349 Å². The first kappa shape index (κ1) is 46.9. The molecule has 310 valence electrons. The van der Waals surface area contributed by atoms with Crippen molar-refractivity contribution >= 4 is 12.2 Å². The van der Waals surface area contributed by atoms with Crippen LogP contribution in [0.4, 0.5) is 0 Å². The minimum atomic E-state index is -3.25. The molecule has 58 heavy (non-hydrogen) atoms. The van der Waals surface area contributed by atoms with Gasteiger partial charge in [-0.25, -0.2) is 0 Å². The summed E-state index contributed by atoms with van der Waals surface area (Å²) in [4.78, 5) is 0. The number of hydrogen-bond donors (Lipinski definition) is 0. The Hall–Kier alpha value is -2.19. The second-order valence-electron chi connectivity index (χ2n) is 22.8. The first-order chi connectivity index (χ1) is 25.9. The summed E-state index contributed by atoms with van der Waals surface area (Å²) in [5, 5.41) is 0. The van der Waals surface area contributed by atoms with Gasteiger partial charge in [0.25, 0.3) is 0 Å². The van der Waals surface area contributed by atoms with Crippen molar-refractivity contribution in [1.29, 1.82) is 0 Å². The summed E-state index contributed by atoms with van der Waals surface area (Å²) in [7, 11) is 0. The van der Waals surface area contributed by atoms with Gasteiger partial charge in [0, 0.05) is 0 Å². The summed E-state index contributed by atoms with van der Waals surface area (Å²) in [6, 6.07) is 29.8. The van der Waals surface area contributed by atoms with Crippen molar-refractivity contribution in [3.8, 4) is 22.3 Å². The van der Waals surface area contributed by atoms with E-state index in [1.807, 2.05) is 0 Å². The Kier molecular flexibility index (Phi) is 13.1. The molecule has 4 aromatic rings. The number of halogens is 2. The van der Waals surface area contributed by atoms with Crippen molar-refractivity contribution in [1.82, 2.24) is 0 Å². The molecule has 0 bridgehead atoms. The first-order valence-corrected chi connectivity index (χ1v) is 31.2. The maximum Gasteiger partial charge on any atom is -1.00 e. The molecule has 3 aliphatic rings. The molecule has 7 rings (SSSR count). The van der Waals surface area contributed by atoms with Crippen molar-refractivity contribution in [3.63, 3.8) is 0 Å². The Labute approximate surface area is 371 Å². The fraction of sp³-hybridized carbons (Fsp3) is 0.491. The van der Waals surface area contributed by atoms with Crippen LogP contribution in [0.5, 0.6) is 0 Å². The van der Waals surface area contributed by atoms with Crippen LogP contribution in [0.2, 0.25) is 8.35 Å². The number of benzene rings is 4. The quantitative estimate of drug-likeness (QED) is 0.169. The summed E-state index contributed by atoms with van der Waals surface area (Å²) in [6.45, 7) is 38.3. The molecule has 3 heteroatoms. The summed E-state index contributed by atoms with van der Waals surface area (Å²) >= 11 is -3.25. The zero-order valence-electron chi connectivity index (χ0n) is 38.8. The fourth-order valence-corrected chi connectivity index (χ4v) is 33.8. The van der Waals surface area contributed by atoms with E-state index in [4.69, 9.17) is 0 Å². The number of allylic oxidation sites excluding steroid dienone is 2. The maximum absolute atomic E-state index is 3.25. The molecule has 2 aliphatic carbocycles. The van der Waals surface area contributed by atoms with Gasteiger partial charge in [0.2, 0.25) is 0 Å². The van der Waals surface area contributed by atoms with Crippen LogP contribution in [-0.2, 0) is 41.6 Å². The molecule has 1 saturated heterocycles. The van der Waals surface area contributed by atoms with Crippen molar-refractivity contribution in [2.45, 2.75) is 155 Å². The standard InChI is InChI=1S/2C26H33.C3H6.2ClH.Hf/c2*1-17(2)19-12-18-10-9-11-23(24(18)15-19)20-13-21(25(3,4)5)16-22(14-20)26(6,7)8;1-3-2;;;/h2*9-17H,1-8H3;1-3H2;2*1H;/q;;;;;+2/p-2. The van der Waals surface area contributed by atoms with Gasteiger partial charge in [0.1, 0.15) is 0 Å². The van der Waals surface area contributed by atoms with Gasteiger partial charge in [-0.2, -0.15) is 0 Å². The number of fused-ring (bicyclic) bond motifs is 2. The van der Waals surface area contributed by atoms with Crippen LogP contribution in [0.3, 0.4) is 0 Å². The first-order valence-electron chi connectivity index (χ1n) is 21.9. The third-order valence-corrected chi connectivity index (χ3v) is 36.0. The molecule has 0 amide bonds. The van der Waals surface area contributed by atoms with Crippen LogP contribution >= 0.6 is 0 Å². The largest absolute Gasteiger partial charge is 1.00 e. The zero-order valence-corrected chi connectivity index (χ0v) is 43.9. The van der Waals surface area contributed by atoms with Crippen LogP contribution in [0.25, 0.3) is 34.4 Å². The average molecular weight is 983 g/mol. The van der Waals surface area contributed by atoms with Crippen molar-refractivity contribution < 1.29 is 44.8 Å². The van der Waals surface area contributed by atoms with E-state index in [0.29, 0.717) is 19.2 Å². The second-order valence-corrected chi connectivity index (χ2v) is 39.4. The topological polar surface area (TPSA) is 0 Å². The molecular formula is C55H72Cl2Hf. The van der Waals surface area contributed by atoms with E-state index in [9.17, 15) is 0 Å². The molecule has 0 radical (unpaired) electrons. The Bertz CT molecular complexity index is 2010. The van der Waals surface area contributed by atoms with Crippen LogP contribution in [0.15, 0.2) is 83.9 Å². The molecular weight excluding hydrogens is 910 g/mol. The molecule has 2 atom stereocenters. The van der Waals surface area contributed by atoms with Crippen LogP contribution in [0, 0.1) is 11.8 Å². The van der Waals surface area contributed by atoms with Gasteiger partial charge in [-0.15, -0.1) is 0 Å². The molecule has 0 saturated carbocycles. The van der Waals surface area contributed by atoms with E-state index in [1.165, 1.54) is 70.4 Å². The minimum Gasteiger partial charge on any atom is -1.00 e. The summed E-state index contributed by atoms with van der Waals surface area (Å²) in [5.41, 5.74) is 21.5. The van der Waals surface area contributed by atoms with Gasteiger partial charge in [-0.05, 0) is 0 Å². The third-order valence-electron chi connectivity index (χ3n) is 13.9. The van der Waals surface area contributed by atoms with Gasteiger partial charge < -0.3 is 24.8 Å². The van der Waals surface area contributed by atoms with Crippen LogP contribution in [-0.4, -0.2) is 0 Å². The monoisotopic (exact) mass is 982 g/mol. The fourth-order valence-electron chi connectivity index (χ4n) is 10.3. The number of hydrogen-bond acceptors (Lipinski definition) is 0. The normalized spacial score (nSPS) is 18.3. The van der Waals surface area contributed by atoms with E-state index in [1.54, 1.807) is 22.3 Å². The Morgan fingerprint density at radius 3 is 1.02 bits per heavy atom. The number of rotatable bonds is 6. The van der Waals surface area contributed by atoms with Gasteiger partial charge in [-0.3, -0.25) is 0 Å². The molecule has 4 aromatic carbocycles. The Morgan fingerprint density at radius 1 is 0.466 bits per heavy atom. The molecule has 1 heterocycles. The van der Waals surface area contributed by atoms with Crippen LogP contribution in [0.1, 0.15) is 169 Å². The predicted molar refractivity (Wildman–Crippen MR) is 244 cm³/mol. The zero-order chi connectivity index (χ0) is 40.9. The SMILES string of the molecule is CC(C)C1=Cc2c(-c3cc(C(C)(C)C)cc(C(C)(C)C)c3)cccc2[CH]1[Hf+2]1([CH]2C(C(C)C)=Cc3c(-c4cc(C(C)(C)C)cc(C(C)(C)C)c4)cccc32)[CH2]C[CH2]1.[Cl-].[Cl-]. The van der Waals surface area contributed by atoms with Gasteiger partial charge in [0.15, 0.2) is 0 Å². The van der Waals surface area contributed by atoms with E-state index in [0.717, 1.165) is 0 Å². The van der Waals surface area contributed by atoms with Crippen molar-refractivity contribution in [3.05, 3.63) is 128 Å². The Morgan fingerprint density at radius 2 is 0.776 bits per heavy atom. The van der Waals surface area contributed by atoms with E-state index < -0.39 is 20.0 Å². The molecule has 0 N–H and O–H groups in total. The molecule has 2 unspecified atom stereocenters. The predicted octanol–water partition coefficient (Wildman–Crippen LogP) is 10.5. The summed E-state index contributed by atoms with van der Waals surface area (Å²) in [5.74, 6) is 1.05. The van der Waals surface area contributed by atoms with E-state index >= 15 is 0 Å². The van der Waals surface area contributed by atoms with Crippen molar-refractivity contribution in [2.75, 3.05) is 0 Å². The van der Waals surface area contributed by atoms with Crippen molar-refractivity contribution in [2.24, 2.45) is 11.8 Å². The van der Waals surface area contributed by atoms with E-state index in [2.05, 4.69) is 196 Å². The second kappa shape index (κ2) is 16.3. The van der Waals surface area contributed by atoms with Gasteiger partial charge in [-0.1, -0.05) is 0 Å². The summed E-state index contributed by atoms with van der Waals surface area (Å²) in [6.07, 6.45) is 6.82. The van der Waals surface area contributed by atoms with Crippen LogP contribution < -0.4 is 24.8 Å². The van der Waals surface area contributed by atoms with Gasteiger partial charge in [0.05, 0.1) is 0 Å². The molecule has 0 spiro atoms. The minimum absolute atomic E-state index is 0. The molecule has 1 fully saturated rings. The maximum atomic E-state index is 2.71. The molecule has 0 aromatic heterocycles. The van der Waals surface area contributed by atoms with E-state index in [-0.39, 0.29) is 46.5 Å². The smallest absolute Gasteiger partial charge is 1.00 e. The Balaban J connectivity index is 0.00000320. The average Bonchev–Trinajstić information content (AvgIpc) is 3.67. The summed E-state index contributed by atoms with van der Waals surface area (Å²) < 4.78 is 4.23. The molecule has 0 nitrogen and oxygen atoms in total. The molecule has 1 aliphatic heterocycles.